The van der Waals surface area contributed by atoms with Crippen LogP contribution in [-0.2, 0) is 4.79 Å². The molecule has 19 heavy (non-hydrogen) atoms. The molecular weight excluding hydrogens is 236 g/mol. The van der Waals surface area contributed by atoms with Crippen molar-refractivity contribution in [2.24, 2.45) is 5.92 Å². The number of carbonyl (C=O) groups is 1. The first kappa shape index (κ1) is 14.8. The molecule has 3 heteroatoms. The van der Waals surface area contributed by atoms with Crippen molar-refractivity contribution in [2.45, 2.75) is 70.3 Å². The Hall–Kier alpha value is -0.570. The highest BCUT2D eigenvalue weighted by atomic mass is 16.2. The minimum absolute atomic E-state index is 0.388. The van der Waals surface area contributed by atoms with Gasteiger partial charge in [0.05, 0.1) is 0 Å². The Kier molecular flexibility index (Phi) is 6.15. The van der Waals surface area contributed by atoms with Crippen LogP contribution in [0.4, 0.5) is 0 Å². The van der Waals surface area contributed by atoms with Gasteiger partial charge >= 0.3 is 0 Å². The van der Waals surface area contributed by atoms with Crippen molar-refractivity contribution in [2.75, 3.05) is 20.1 Å². The first-order valence-corrected chi connectivity index (χ1v) is 8.24. The van der Waals surface area contributed by atoms with Gasteiger partial charge in [0.1, 0.15) is 0 Å². The molecule has 1 N–H and O–H groups in total. The molecule has 1 unspecified atom stereocenters. The molecule has 1 aliphatic heterocycles. The maximum atomic E-state index is 12.4. The van der Waals surface area contributed by atoms with E-state index in [1.165, 1.54) is 51.4 Å². The quantitative estimate of drug-likeness (QED) is 0.797. The third-order valence-electron chi connectivity index (χ3n) is 4.92. The molecule has 1 heterocycles. The largest absolute Gasteiger partial charge is 0.343 e. The fraction of sp³-hybridized carbons (Fsp3) is 0.938. The molecule has 1 atom stereocenters. The molecule has 2 aliphatic rings. The van der Waals surface area contributed by atoms with E-state index in [-0.39, 0.29) is 0 Å². The molecule has 0 aromatic rings. The van der Waals surface area contributed by atoms with Crippen molar-refractivity contribution in [1.29, 1.82) is 0 Å². The summed E-state index contributed by atoms with van der Waals surface area (Å²) in [6.45, 7) is 2.17. The van der Waals surface area contributed by atoms with E-state index in [2.05, 4.69) is 10.2 Å². The van der Waals surface area contributed by atoms with Crippen molar-refractivity contribution in [3.05, 3.63) is 0 Å². The van der Waals surface area contributed by atoms with Gasteiger partial charge in [-0.2, -0.15) is 0 Å². The smallest absolute Gasteiger partial charge is 0.222 e. The lowest BCUT2D eigenvalue weighted by atomic mass is 9.95. The summed E-state index contributed by atoms with van der Waals surface area (Å²) < 4.78 is 0. The van der Waals surface area contributed by atoms with E-state index in [0.717, 1.165) is 25.9 Å². The predicted molar refractivity (Wildman–Crippen MR) is 79.1 cm³/mol. The van der Waals surface area contributed by atoms with Crippen LogP contribution in [0.3, 0.4) is 0 Å². The van der Waals surface area contributed by atoms with Crippen molar-refractivity contribution in [1.82, 2.24) is 10.2 Å². The molecule has 2 fully saturated rings. The molecule has 3 nitrogen and oxygen atoms in total. The maximum Gasteiger partial charge on any atom is 0.222 e. The maximum absolute atomic E-state index is 12.4. The fourth-order valence-electron chi connectivity index (χ4n) is 3.55. The van der Waals surface area contributed by atoms with Gasteiger partial charge in [-0.25, -0.2) is 0 Å². The van der Waals surface area contributed by atoms with E-state index in [4.69, 9.17) is 0 Å². The Morgan fingerprint density at radius 3 is 2.47 bits per heavy atom. The first-order chi connectivity index (χ1) is 9.27. The van der Waals surface area contributed by atoms with Crippen LogP contribution in [0.2, 0.25) is 0 Å². The minimum Gasteiger partial charge on any atom is -0.343 e. The number of nitrogens with zero attached hydrogens (tertiary/aromatic N) is 1. The normalized spacial score (nSPS) is 26.5. The Labute approximate surface area is 118 Å². The summed E-state index contributed by atoms with van der Waals surface area (Å²) in [5, 5.41) is 3.42. The van der Waals surface area contributed by atoms with E-state index in [9.17, 15) is 4.79 Å². The molecule has 2 rings (SSSR count). The molecule has 1 amide bonds. The molecule has 1 saturated carbocycles. The second-order valence-electron chi connectivity index (χ2n) is 6.40. The van der Waals surface area contributed by atoms with Crippen LogP contribution >= 0.6 is 0 Å². The number of rotatable bonds is 3. The van der Waals surface area contributed by atoms with Crippen LogP contribution in [0, 0.1) is 5.92 Å². The van der Waals surface area contributed by atoms with E-state index in [1.54, 1.807) is 0 Å². The molecule has 0 radical (unpaired) electrons. The Morgan fingerprint density at radius 1 is 1.00 bits per heavy atom. The van der Waals surface area contributed by atoms with Gasteiger partial charge in [-0.05, 0) is 51.1 Å². The Morgan fingerprint density at radius 2 is 1.74 bits per heavy atom. The third-order valence-corrected chi connectivity index (χ3v) is 4.92. The fourth-order valence-corrected chi connectivity index (χ4v) is 3.55. The average Bonchev–Trinajstić information content (AvgIpc) is 2.82. The first-order valence-electron chi connectivity index (χ1n) is 8.24. The lowest BCUT2D eigenvalue weighted by Crippen LogP contribution is -2.38. The lowest BCUT2D eigenvalue weighted by Gasteiger charge is -2.28. The number of nitrogens with one attached hydrogen (secondary N) is 1. The van der Waals surface area contributed by atoms with Crippen molar-refractivity contribution >= 4 is 5.91 Å². The molecule has 0 spiro atoms. The molecule has 1 saturated heterocycles. The number of amides is 1. The second-order valence-corrected chi connectivity index (χ2v) is 6.40. The van der Waals surface area contributed by atoms with Crippen LogP contribution in [0.5, 0.6) is 0 Å². The van der Waals surface area contributed by atoms with Gasteiger partial charge in [0.15, 0.2) is 0 Å². The SMILES string of the molecule is CN(C(=O)CC1CCCCCC1)C1CCCNCC1. The summed E-state index contributed by atoms with van der Waals surface area (Å²) in [6.07, 6.45) is 12.2. The number of hydrogen-bond acceptors (Lipinski definition) is 2. The van der Waals surface area contributed by atoms with E-state index in [0.29, 0.717) is 17.9 Å². The molecule has 0 aromatic heterocycles. The number of hydrogen-bond donors (Lipinski definition) is 1. The monoisotopic (exact) mass is 266 g/mol. The van der Waals surface area contributed by atoms with Crippen LogP contribution in [0.25, 0.3) is 0 Å². The van der Waals surface area contributed by atoms with Crippen LogP contribution < -0.4 is 5.32 Å². The van der Waals surface area contributed by atoms with Gasteiger partial charge in [-0.3, -0.25) is 4.79 Å². The van der Waals surface area contributed by atoms with Gasteiger partial charge in [-0.15, -0.1) is 0 Å². The third kappa shape index (κ3) is 4.79. The molecule has 1 aliphatic carbocycles. The average molecular weight is 266 g/mol. The van der Waals surface area contributed by atoms with E-state index in [1.807, 2.05) is 7.05 Å². The summed E-state index contributed by atoms with van der Waals surface area (Å²) in [7, 11) is 2.02. The molecule has 110 valence electrons. The Balaban J connectivity index is 1.80. The van der Waals surface area contributed by atoms with E-state index < -0.39 is 0 Å². The topological polar surface area (TPSA) is 32.3 Å². The summed E-state index contributed by atoms with van der Waals surface area (Å²) in [5.41, 5.74) is 0. The van der Waals surface area contributed by atoms with Crippen LogP contribution in [0.1, 0.15) is 64.2 Å². The summed E-state index contributed by atoms with van der Waals surface area (Å²) >= 11 is 0. The molecule has 0 bridgehead atoms. The molecule has 0 aromatic carbocycles. The van der Waals surface area contributed by atoms with Crippen molar-refractivity contribution < 1.29 is 4.79 Å². The highest BCUT2D eigenvalue weighted by Gasteiger charge is 2.23. The highest BCUT2D eigenvalue weighted by Crippen LogP contribution is 2.26. The van der Waals surface area contributed by atoms with E-state index >= 15 is 0 Å². The summed E-state index contributed by atoms with van der Waals surface area (Å²) in [5.74, 6) is 1.04. The minimum atomic E-state index is 0.388. The molecular formula is C16H30N2O. The zero-order valence-electron chi connectivity index (χ0n) is 12.5. The standard InChI is InChI=1S/C16H30N2O/c1-18(15-9-6-11-17-12-10-15)16(19)13-14-7-4-2-3-5-8-14/h14-15,17H,2-13H2,1H3. The van der Waals surface area contributed by atoms with Gasteiger partial charge in [0, 0.05) is 19.5 Å². The van der Waals surface area contributed by atoms with Crippen LogP contribution in [0.15, 0.2) is 0 Å². The highest BCUT2D eigenvalue weighted by molar-refractivity contribution is 5.76. The number of carbonyl (C=O) groups excluding carboxylic acids is 1. The zero-order valence-corrected chi connectivity index (χ0v) is 12.5. The predicted octanol–water partition coefficient (Wildman–Crippen LogP) is 2.95. The van der Waals surface area contributed by atoms with Crippen molar-refractivity contribution in [3.8, 4) is 0 Å². The van der Waals surface area contributed by atoms with Crippen molar-refractivity contribution in [3.63, 3.8) is 0 Å². The van der Waals surface area contributed by atoms with Gasteiger partial charge in [0.2, 0.25) is 5.91 Å². The van der Waals surface area contributed by atoms with Crippen LogP contribution in [-0.4, -0.2) is 37.0 Å². The van der Waals surface area contributed by atoms with Gasteiger partial charge in [-0.1, -0.05) is 25.7 Å². The zero-order chi connectivity index (χ0) is 13.5. The Bertz CT molecular complexity index is 264. The summed E-state index contributed by atoms with van der Waals surface area (Å²) in [4.78, 5) is 14.5. The van der Waals surface area contributed by atoms with Gasteiger partial charge in [0.25, 0.3) is 0 Å². The second kappa shape index (κ2) is 7.88. The summed E-state index contributed by atoms with van der Waals surface area (Å²) in [6, 6.07) is 0.466. The lowest BCUT2D eigenvalue weighted by molar-refractivity contribution is -0.133. The van der Waals surface area contributed by atoms with Gasteiger partial charge < -0.3 is 10.2 Å².